The highest BCUT2D eigenvalue weighted by atomic mass is 35.5. The lowest BCUT2D eigenvalue weighted by Crippen LogP contribution is -1.98. The highest BCUT2D eigenvalue weighted by molar-refractivity contribution is 7.86. The fourth-order valence-corrected chi connectivity index (χ4v) is 2.56. The minimum absolute atomic E-state index is 0.0941. The number of nitrogen functional groups attached to an aromatic ring is 2. The van der Waals surface area contributed by atoms with E-state index in [1.807, 2.05) is 0 Å². The molecule has 0 heterocycles. The third-order valence-corrected chi connectivity index (χ3v) is 3.98. The second-order valence-corrected chi connectivity index (χ2v) is 6.06. The number of phenols is 1. The van der Waals surface area contributed by atoms with Gasteiger partial charge in [-0.25, -0.2) is 0 Å². The number of phenolic OH excluding ortho intramolecular Hbond substituents is 1. The average Bonchev–Trinajstić information content (AvgIpc) is 2.41. The normalized spacial score (nSPS) is 11.9. The number of halogens is 1. The molecule has 0 saturated carbocycles. The van der Waals surface area contributed by atoms with E-state index < -0.39 is 15.0 Å². The lowest BCUT2D eigenvalue weighted by Gasteiger charge is -2.04. The number of anilines is 2. The summed E-state index contributed by atoms with van der Waals surface area (Å²) in [6.07, 6.45) is 0. The summed E-state index contributed by atoms with van der Waals surface area (Å²) in [5, 5.41) is 16.9. The first-order chi connectivity index (χ1) is 10.2. The number of hydrogen-bond acceptors (Lipinski definition) is 7. The molecule has 0 unspecified atom stereocenters. The summed E-state index contributed by atoms with van der Waals surface area (Å²) in [4.78, 5) is -0.487. The molecule has 10 heteroatoms. The molecule has 0 amide bonds. The van der Waals surface area contributed by atoms with Gasteiger partial charge in [-0.1, -0.05) is 11.6 Å². The Morgan fingerprint density at radius 3 is 2.36 bits per heavy atom. The van der Waals surface area contributed by atoms with Crippen molar-refractivity contribution in [3.8, 4) is 5.75 Å². The summed E-state index contributed by atoms with van der Waals surface area (Å²) in [5.74, 6) is -0.210. The fourth-order valence-electron chi connectivity index (χ4n) is 1.56. The van der Waals surface area contributed by atoms with E-state index in [-0.39, 0.29) is 33.5 Å². The van der Waals surface area contributed by atoms with Gasteiger partial charge in [-0.3, -0.25) is 4.55 Å². The van der Waals surface area contributed by atoms with Crippen LogP contribution in [0.1, 0.15) is 0 Å². The molecule has 22 heavy (non-hydrogen) atoms. The van der Waals surface area contributed by atoms with Gasteiger partial charge in [0.1, 0.15) is 16.3 Å². The van der Waals surface area contributed by atoms with Crippen LogP contribution in [0.5, 0.6) is 5.75 Å². The van der Waals surface area contributed by atoms with Crippen molar-refractivity contribution < 1.29 is 18.1 Å². The van der Waals surface area contributed by atoms with Crippen molar-refractivity contribution in [1.82, 2.24) is 0 Å². The van der Waals surface area contributed by atoms with Gasteiger partial charge in [0.15, 0.2) is 0 Å². The molecule has 6 N–H and O–H groups in total. The van der Waals surface area contributed by atoms with Gasteiger partial charge in [0, 0.05) is 6.07 Å². The molecule has 2 rings (SSSR count). The van der Waals surface area contributed by atoms with Crippen molar-refractivity contribution in [2.75, 3.05) is 11.5 Å². The maximum atomic E-state index is 11.1. The monoisotopic (exact) mass is 342 g/mol. The van der Waals surface area contributed by atoms with Crippen molar-refractivity contribution in [1.29, 1.82) is 0 Å². The molecule has 0 radical (unpaired) electrons. The molecule has 0 spiro atoms. The minimum atomic E-state index is -4.47. The van der Waals surface area contributed by atoms with E-state index in [0.717, 1.165) is 6.07 Å². The Labute approximate surface area is 130 Å². The largest absolute Gasteiger partial charge is 0.506 e. The molecule has 0 aliphatic heterocycles. The number of nitrogens with two attached hydrogens (primary N) is 2. The summed E-state index contributed by atoms with van der Waals surface area (Å²) in [5.41, 5.74) is 11.7. The van der Waals surface area contributed by atoms with Crippen LogP contribution in [0.4, 0.5) is 22.7 Å². The second-order valence-electron chi connectivity index (χ2n) is 4.26. The van der Waals surface area contributed by atoms with Crippen molar-refractivity contribution in [3.63, 3.8) is 0 Å². The maximum absolute atomic E-state index is 11.1. The summed E-state index contributed by atoms with van der Waals surface area (Å²) in [6, 6.07) is 6.23. The van der Waals surface area contributed by atoms with Gasteiger partial charge < -0.3 is 16.6 Å². The molecule has 0 atom stereocenters. The van der Waals surface area contributed by atoms with E-state index in [9.17, 15) is 13.5 Å². The fraction of sp³-hybridized carbons (Fsp3) is 0. The zero-order valence-electron chi connectivity index (χ0n) is 10.9. The summed E-state index contributed by atoms with van der Waals surface area (Å²) >= 11 is 5.68. The van der Waals surface area contributed by atoms with E-state index in [0.29, 0.717) is 0 Å². The van der Waals surface area contributed by atoms with Gasteiger partial charge in [0.2, 0.25) is 0 Å². The van der Waals surface area contributed by atoms with Crippen molar-refractivity contribution >= 4 is 44.5 Å². The molecule has 0 bridgehead atoms. The van der Waals surface area contributed by atoms with E-state index in [1.165, 1.54) is 24.3 Å². The first kappa shape index (κ1) is 16.0. The van der Waals surface area contributed by atoms with E-state index in [2.05, 4.69) is 10.2 Å². The standard InChI is InChI=1S/C12H11ClN4O4S/c13-7-2-1-6(3-12(7)22(19,20)21)16-17-10-5-11(18)9(15)4-8(10)14/h1-5,18H,14-15H2,(H,19,20,21). The topological polar surface area (TPSA) is 151 Å². The lowest BCUT2D eigenvalue weighted by atomic mass is 10.2. The Balaban J connectivity index is 2.41. The third-order valence-electron chi connectivity index (χ3n) is 2.64. The van der Waals surface area contributed by atoms with Crippen molar-refractivity contribution in [2.45, 2.75) is 4.90 Å². The van der Waals surface area contributed by atoms with Crippen LogP contribution in [0.15, 0.2) is 45.5 Å². The Bertz CT molecular complexity index is 868. The van der Waals surface area contributed by atoms with Crippen LogP contribution in [0.25, 0.3) is 0 Å². The van der Waals surface area contributed by atoms with E-state index in [1.54, 1.807) is 0 Å². The highest BCUT2D eigenvalue weighted by Gasteiger charge is 2.15. The summed E-state index contributed by atoms with van der Waals surface area (Å²) in [6.45, 7) is 0. The van der Waals surface area contributed by atoms with Crippen LogP contribution in [0.2, 0.25) is 5.02 Å². The van der Waals surface area contributed by atoms with Gasteiger partial charge in [-0.15, -0.1) is 5.11 Å². The van der Waals surface area contributed by atoms with Crippen LogP contribution in [-0.4, -0.2) is 18.1 Å². The molecule has 0 aliphatic rings. The quantitative estimate of drug-likeness (QED) is 0.221. The van der Waals surface area contributed by atoms with Gasteiger partial charge in [-0.2, -0.15) is 13.5 Å². The van der Waals surface area contributed by atoms with Gasteiger partial charge in [0.05, 0.1) is 22.1 Å². The number of hydrogen-bond donors (Lipinski definition) is 4. The van der Waals surface area contributed by atoms with E-state index in [4.69, 9.17) is 27.6 Å². The van der Waals surface area contributed by atoms with Crippen molar-refractivity contribution in [3.05, 3.63) is 35.4 Å². The van der Waals surface area contributed by atoms with Crippen molar-refractivity contribution in [2.24, 2.45) is 10.2 Å². The molecular weight excluding hydrogens is 332 g/mol. The predicted octanol–water partition coefficient (Wildman–Crippen LogP) is 2.87. The number of aromatic hydroxyl groups is 1. The first-order valence-electron chi connectivity index (χ1n) is 5.75. The zero-order chi connectivity index (χ0) is 16.5. The molecule has 8 nitrogen and oxygen atoms in total. The molecule has 0 fully saturated rings. The predicted molar refractivity (Wildman–Crippen MR) is 82.4 cm³/mol. The SMILES string of the molecule is Nc1cc(N)c(N=Nc2ccc(Cl)c(S(=O)(=O)O)c2)cc1O. The Morgan fingerprint density at radius 2 is 1.73 bits per heavy atom. The van der Waals surface area contributed by atoms with Crippen LogP contribution >= 0.6 is 11.6 Å². The Hall–Kier alpha value is -2.36. The van der Waals surface area contributed by atoms with E-state index >= 15 is 0 Å². The summed E-state index contributed by atoms with van der Waals surface area (Å²) < 4.78 is 31.3. The third kappa shape index (κ3) is 3.45. The Kier molecular flexibility index (Phi) is 4.22. The highest BCUT2D eigenvalue weighted by Crippen LogP contribution is 2.34. The molecule has 0 saturated heterocycles. The van der Waals surface area contributed by atoms with Crippen LogP contribution in [-0.2, 0) is 10.1 Å². The second kappa shape index (κ2) is 5.79. The first-order valence-corrected chi connectivity index (χ1v) is 7.57. The smallest absolute Gasteiger partial charge is 0.296 e. The molecule has 0 aromatic heterocycles. The van der Waals surface area contributed by atoms with Gasteiger partial charge in [-0.05, 0) is 24.3 Å². The van der Waals surface area contributed by atoms with Gasteiger partial charge >= 0.3 is 0 Å². The minimum Gasteiger partial charge on any atom is -0.506 e. The molecule has 0 aliphatic carbocycles. The Morgan fingerprint density at radius 1 is 1.05 bits per heavy atom. The number of azo groups is 1. The number of rotatable bonds is 3. The van der Waals surface area contributed by atoms with Crippen LogP contribution in [0.3, 0.4) is 0 Å². The molecule has 116 valence electrons. The maximum Gasteiger partial charge on any atom is 0.296 e. The molecule has 2 aromatic carbocycles. The molecular formula is C12H11ClN4O4S. The van der Waals surface area contributed by atoms with Crippen LogP contribution < -0.4 is 11.5 Å². The lowest BCUT2D eigenvalue weighted by molar-refractivity contribution is 0.478. The summed E-state index contributed by atoms with van der Waals surface area (Å²) in [7, 11) is -4.47. The zero-order valence-corrected chi connectivity index (χ0v) is 12.5. The van der Waals surface area contributed by atoms with Gasteiger partial charge in [0.25, 0.3) is 10.1 Å². The average molecular weight is 343 g/mol. The number of benzene rings is 2. The van der Waals surface area contributed by atoms with Crippen LogP contribution in [0, 0.1) is 0 Å². The molecule has 2 aromatic rings. The number of nitrogens with zero attached hydrogens (tertiary/aromatic N) is 2.